The van der Waals surface area contributed by atoms with Crippen LogP contribution in [0.1, 0.15) is 38.1 Å². The van der Waals surface area contributed by atoms with Gasteiger partial charge in [-0.25, -0.2) is 9.97 Å². The fourth-order valence-corrected chi connectivity index (χ4v) is 3.70. The molecule has 0 bridgehead atoms. The van der Waals surface area contributed by atoms with Gasteiger partial charge in [-0.15, -0.1) is 0 Å². The Labute approximate surface area is 152 Å². The first-order chi connectivity index (χ1) is 12.7. The number of hydrogen-bond donors (Lipinski definition) is 1. The number of aromatic nitrogens is 4. The molecule has 1 aliphatic carbocycles. The van der Waals surface area contributed by atoms with Gasteiger partial charge in [0, 0.05) is 23.2 Å². The Balaban J connectivity index is 1.81. The highest BCUT2D eigenvalue weighted by Gasteiger charge is 2.19. The fraction of sp³-hybridized carbons (Fsp3) is 0.421. The van der Waals surface area contributed by atoms with Crippen LogP contribution in [0, 0.1) is 0 Å². The highest BCUT2D eigenvalue weighted by atomic mass is 16.5. The van der Waals surface area contributed by atoms with E-state index in [0.717, 1.165) is 22.2 Å². The Kier molecular flexibility index (Phi) is 4.36. The molecule has 7 heteroatoms. The summed E-state index contributed by atoms with van der Waals surface area (Å²) in [4.78, 5) is 8.82. The fourth-order valence-electron chi connectivity index (χ4n) is 3.70. The Hall–Kier alpha value is -2.83. The highest BCUT2D eigenvalue weighted by molar-refractivity contribution is 5.95. The van der Waals surface area contributed by atoms with E-state index in [1.807, 2.05) is 18.3 Å². The third kappa shape index (κ3) is 2.94. The molecule has 0 aliphatic heterocycles. The highest BCUT2D eigenvalue weighted by Crippen LogP contribution is 2.36. The third-order valence-corrected chi connectivity index (χ3v) is 5.04. The van der Waals surface area contributed by atoms with E-state index in [-0.39, 0.29) is 5.95 Å². The third-order valence-electron chi connectivity index (χ3n) is 5.04. The minimum atomic E-state index is 0.227. The lowest BCUT2D eigenvalue weighted by Gasteiger charge is -2.21. The maximum Gasteiger partial charge on any atom is 0.221 e. The van der Waals surface area contributed by atoms with Crippen LogP contribution in [0.3, 0.4) is 0 Å². The molecule has 0 saturated heterocycles. The molecule has 1 fully saturated rings. The zero-order valence-corrected chi connectivity index (χ0v) is 15.1. The monoisotopic (exact) mass is 353 g/mol. The van der Waals surface area contributed by atoms with Crippen LogP contribution < -0.4 is 15.2 Å². The molecule has 136 valence electrons. The Bertz CT molecular complexity index is 931. The number of anilines is 1. The van der Waals surface area contributed by atoms with Crippen molar-refractivity contribution in [2.45, 2.75) is 38.1 Å². The second-order valence-corrected chi connectivity index (χ2v) is 6.66. The Morgan fingerprint density at radius 2 is 1.77 bits per heavy atom. The van der Waals surface area contributed by atoms with Crippen molar-refractivity contribution in [1.82, 2.24) is 19.7 Å². The van der Waals surface area contributed by atoms with E-state index in [9.17, 15) is 0 Å². The van der Waals surface area contributed by atoms with Gasteiger partial charge in [-0.2, -0.15) is 5.10 Å². The van der Waals surface area contributed by atoms with E-state index < -0.39 is 0 Å². The van der Waals surface area contributed by atoms with Crippen LogP contribution in [0.2, 0.25) is 0 Å². The normalized spacial score (nSPS) is 15.3. The van der Waals surface area contributed by atoms with Crippen molar-refractivity contribution >= 4 is 16.9 Å². The van der Waals surface area contributed by atoms with E-state index in [1.165, 1.54) is 32.1 Å². The molecule has 3 aromatic rings. The van der Waals surface area contributed by atoms with E-state index in [4.69, 9.17) is 15.2 Å². The van der Waals surface area contributed by atoms with Gasteiger partial charge in [0.25, 0.3) is 0 Å². The summed E-state index contributed by atoms with van der Waals surface area (Å²) in [5.41, 5.74) is 8.36. The van der Waals surface area contributed by atoms with E-state index >= 15 is 0 Å². The number of nitrogens with zero attached hydrogens (tertiary/aromatic N) is 4. The smallest absolute Gasteiger partial charge is 0.221 e. The molecule has 0 amide bonds. The zero-order valence-electron chi connectivity index (χ0n) is 15.1. The molecule has 2 N–H and O–H groups in total. The number of rotatable bonds is 4. The number of nitrogens with two attached hydrogens (primary N) is 1. The molecule has 0 atom stereocenters. The average molecular weight is 353 g/mol. The van der Waals surface area contributed by atoms with Crippen molar-refractivity contribution in [2.75, 3.05) is 20.0 Å². The molecule has 1 saturated carbocycles. The van der Waals surface area contributed by atoms with Crippen LogP contribution in [-0.4, -0.2) is 34.0 Å². The summed E-state index contributed by atoms with van der Waals surface area (Å²) in [7, 11) is 3.21. The number of benzene rings is 1. The summed E-state index contributed by atoms with van der Waals surface area (Å²) in [6, 6.07) is 4.18. The molecule has 7 nitrogen and oxygen atoms in total. The van der Waals surface area contributed by atoms with Crippen LogP contribution in [0.15, 0.2) is 24.5 Å². The van der Waals surface area contributed by atoms with Crippen LogP contribution >= 0.6 is 0 Å². The van der Waals surface area contributed by atoms with Crippen LogP contribution in [0.5, 0.6) is 11.5 Å². The van der Waals surface area contributed by atoms with Gasteiger partial charge in [0.05, 0.1) is 37.7 Å². The summed E-state index contributed by atoms with van der Waals surface area (Å²) in [6.45, 7) is 0. The Morgan fingerprint density at radius 1 is 1.04 bits per heavy atom. The van der Waals surface area contributed by atoms with Crippen molar-refractivity contribution in [3.63, 3.8) is 0 Å². The molecular weight excluding hydrogens is 330 g/mol. The maximum atomic E-state index is 5.95. The summed E-state index contributed by atoms with van der Waals surface area (Å²) < 4.78 is 12.9. The number of ether oxygens (including phenoxy) is 2. The topological polar surface area (TPSA) is 88.1 Å². The van der Waals surface area contributed by atoms with Crippen molar-refractivity contribution in [2.24, 2.45) is 0 Å². The lowest BCUT2D eigenvalue weighted by Crippen LogP contribution is -2.12. The van der Waals surface area contributed by atoms with Crippen LogP contribution in [-0.2, 0) is 0 Å². The predicted octanol–water partition coefficient (Wildman–Crippen LogP) is 3.60. The second kappa shape index (κ2) is 6.82. The SMILES string of the molecule is COc1cc2nc(N)nc(-c3cnn(C4CCCCC4)c3)c2cc1OC. The van der Waals surface area contributed by atoms with Crippen molar-refractivity contribution in [1.29, 1.82) is 0 Å². The molecule has 0 radical (unpaired) electrons. The average Bonchev–Trinajstić information content (AvgIpc) is 3.17. The Morgan fingerprint density at radius 3 is 2.50 bits per heavy atom. The van der Waals surface area contributed by atoms with Gasteiger partial charge in [0.1, 0.15) is 0 Å². The minimum absolute atomic E-state index is 0.227. The van der Waals surface area contributed by atoms with E-state index in [2.05, 4.69) is 25.9 Å². The molecule has 4 rings (SSSR count). The number of methoxy groups -OCH3 is 2. The molecule has 2 aromatic heterocycles. The van der Waals surface area contributed by atoms with Crippen molar-refractivity contribution < 1.29 is 9.47 Å². The first-order valence-corrected chi connectivity index (χ1v) is 8.93. The molecule has 26 heavy (non-hydrogen) atoms. The van der Waals surface area contributed by atoms with Crippen LogP contribution in [0.4, 0.5) is 5.95 Å². The van der Waals surface area contributed by atoms with Gasteiger partial charge in [-0.3, -0.25) is 4.68 Å². The van der Waals surface area contributed by atoms with Gasteiger partial charge < -0.3 is 15.2 Å². The molecule has 0 unspecified atom stereocenters. The lowest BCUT2D eigenvalue weighted by molar-refractivity contribution is 0.329. The standard InChI is InChI=1S/C19H23N5O2/c1-25-16-8-14-15(9-17(16)26-2)22-19(20)23-18(14)12-10-21-24(11-12)13-6-4-3-5-7-13/h8-11,13H,3-7H2,1-2H3,(H2,20,22,23). The largest absolute Gasteiger partial charge is 0.493 e. The summed E-state index contributed by atoms with van der Waals surface area (Å²) in [5.74, 6) is 1.47. The first kappa shape index (κ1) is 16.6. The van der Waals surface area contributed by atoms with Gasteiger partial charge in [0.15, 0.2) is 11.5 Å². The molecule has 1 aromatic carbocycles. The minimum Gasteiger partial charge on any atom is -0.493 e. The van der Waals surface area contributed by atoms with E-state index in [0.29, 0.717) is 17.5 Å². The van der Waals surface area contributed by atoms with Crippen molar-refractivity contribution in [3.05, 3.63) is 24.5 Å². The summed E-state index contributed by atoms with van der Waals surface area (Å²) >= 11 is 0. The molecule has 0 spiro atoms. The van der Waals surface area contributed by atoms with Gasteiger partial charge in [0.2, 0.25) is 5.95 Å². The number of hydrogen-bond acceptors (Lipinski definition) is 6. The maximum absolute atomic E-state index is 5.95. The molecule has 1 aliphatic rings. The molecular formula is C19H23N5O2. The number of fused-ring (bicyclic) bond motifs is 1. The van der Waals surface area contributed by atoms with Gasteiger partial charge in [-0.05, 0) is 18.9 Å². The second-order valence-electron chi connectivity index (χ2n) is 6.66. The van der Waals surface area contributed by atoms with Crippen LogP contribution in [0.25, 0.3) is 22.2 Å². The van der Waals surface area contributed by atoms with Gasteiger partial charge in [-0.1, -0.05) is 19.3 Å². The summed E-state index contributed by atoms with van der Waals surface area (Å²) in [5, 5.41) is 5.45. The summed E-state index contributed by atoms with van der Waals surface area (Å²) in [6.07, 6.45) is 10.1. The van der Waals surface area contributed by atoms with E-state index in [1.54, 1.807) is 14.2 Å². The predicted molar refractivity (Wildman–Crippen MR) is 100 cm³/mol. The zero-order chi connectivity index (χ0) is 18.1. The molecule has 2 heterocycles. The first-order valence-electron chi connectivity index (χ1n) is 8.93. The van der Waals surface area contributed by atoms with Gasteiger partial charge >= 0.3 is 0 Å². The van der Waals surface area contributed by atoms with Crippen molar-refractivity contribution in [3.8, 4) is 22.8 Å². The lowest BCUT2D eigenvalue weighted by atomic mass is 9.96. The quantitative estimate of drug-likeness (QED) is 0.771. The number of nitrogen functional groups attached to an aromatic ring is 1.